The highest BCUT2D eigenvalue weighted by atomic mass is 79.9. The molecule has 0 fully saturated rings. The van der Waals surface area contributed by atoms with E-state index < -0.39 is 0 Å². The van der Waals surface area contributed by atoms with Crippen molar-refractivity contribution in [2.24, 2.45) is 5.10 Å². The molecule has 2 aromatic carbocycles. The Bertz CT molecular complexity index is 761. The molecule has 1 heterocycles. The lowest BCUT2D eigenvalue weighted by Gasteiger charge is -2.02. The van der Waals surface area contributed by atoms with Crippen molar-refractivity contribution in [2.45, 2.75) is 0 Å². The van der Waals surface area contributed by atoms with Crippen molar-refractivity contribution >= 4 is 28.1 Å². The van der Waals surface area contributed by atoms with Gasteiger partial charge in [0, 0.05) is 15.6 Å². The van der Waals surface area contributed by atoms with Crippen molar-refractivity contribution in [3.8, 4) is 17.2 Å². The summed E-state index contributed by atoms with van der Waals surface area (Å²) in [5.41, 5.74) is 3.47. The molecule has 2 aromatic rings. The summed E-state index contributed by atoms with van der Waals surface area (Å²) in [6, 6.07) is 9.66. The van der Waals surface area contributed by atoms with Crippen molar-refractivity contribution in [1.82, 2.24) is 5.43 Å². The number of fused-ring (bicyclic) bond motifs is 1. The molecule has 1 amide bonds. The average Bonchev–Trinajstić information content (AvgIpc) is 2.98. The summed E-state index contributed by atoms with van der Waals surface area (Å²) in [4.78, 5) is 12.0. The number of amides is 1. The average molecular weight is 363 g/mol. The Labute approximate surface area is 134 Å². The first kappa shape index (κ1) is 14.4. The first-order valence-corrected chi connectivity index (χ1v) is 7.14. The van der Waals surface area contributed by atoms with E-state index >= 15 is 0 Å². The first-order chi connectivity index (χ1) is 10.6. The number of hydrogen-bond donors (Lipinski definition) is 2. The Balaban J connectivity index is 1.69. The van der Waals surface area contributed by atoms with Gasteiger partial charge in [0.15, 0.2) is 11.5 Å². The number of ether oxygens (including phenoxy) is 2. The molecule has 0 spiro atoms. The van der Waals surface area contributed by atoms with Gasteiger partial charge in [-0.3, -0.25) is 4.79 Å². The second kappa shape index (κ2) is 6.07. The van der Waals surface area contributed by atoms with Gasteiger partial charge in [-0.2, -0.15) is 5.10 Å². The topological polar surface area (TPSA) is 80.2 Å². The lowest BCUT2D eigenvalue weighted by atomic mass is 10.2. The molecule has 0 unspecified atom stereocenters. The summed E-state index contributed by atoms with van der Waals surface area (Å²) < 4.78 is 11.2. The van der Waals surface area contributed by atoms with Crippen LogP contribution in [-0.2, 0) is 0 Å². The minimum atomic E-state index is -0.370. The van der Waals surface area contributed by atoms with Crippen LogP contribution in [0.5, 0.6) is 17.2 Å². The van der Waals surface area contributed by atoms with E-state index in [4.69, 9.17) is 9.47 Å². The number of aromatic hydroxyl groups is 1. The van der Waals surface area contributed by atoms with Crippen LogP contribution in [0.2, 0.25) is 0 Å². The molecule has 0 bridgehead atoms. The molecule has 2 N–H and O–H groups in total. The zero-order valence-corrected chi connectivity index (χ0v) is 12.8. The van der Waals surface area contributed by atoms with Crippen molar-refractivity contribution in [3.05, 3.63) is 52.0 Å². The maximum Gasteiger partial charge on any atom is 0.271 e. The quantitative estimate of drug-likeness (QED) is 0.649. The number of hydrazone groups is 1. The predicted octanol–water partition coefficient (Wildman–Crippen LogP) is 2.65. The summed E-state index contributed by atoms with van der Waals surface area (Å²) in [6.07, 6.45) is 1.44. The second-order valence-corrected chi connectivity index (χ2v) is 5.33. The Morgan fingerprint density at radius 3 is 2.91 bits per heavy atom. The number of phenolic OH excluding ortho intramolecular Hbond substituents is 1. The molecule has 7 heteroatoms. The summed E-state index contributed by atoms with van der Waals surface area (Å²) in [5.74, 6) is 0.897. The van der Waals surface area contributed by atoms with Gasteiger partial charge < -0.3 is 14.6 Å². The number of phenols is 1. The number of nitrogens with one attached hydrogen (secondary N) is 1. The highest BCUT2D eigenvalue weighted by Gasteiger charge is 2.15. The Morgan fingerprint density at radius 1 is 1.23 bits per heavy atom. The molecular weight excluding hydrogens is 352 g/mol. The molecule has 112 valence electrons. The van der Waals surface area contributed by atoms with Gasteiger partial charge >= 0.3 is 0 Å². The van der Waals surface area contributed by atoms with E-state index in [1.165, 1.54) is 12.3 Å². The third kappa shape index (κ3) is 3.04. The molecule has 22 heavy (non-hydrogen) atoms. The standard InChI is InChI=1S/C15H11BrN2O4/c16-12-3-2-11(19)5-10(12)7-17-18-15(20)9-1-4-13-14(6-9)22-8-21-13/h1-7,19H,8H2,(H,18,20)/b17-7+. The number of carbonyl (C=O) groups is 1. The summed E-state index contributed by atoms with van der Waals surface area (Å²) in [7, 11) is 0. The molecule has 0 aliphatic carbocycles. The number of carbonyl (C=O) groups excluding carboxylic acids is 1. The monoisotopic (exact) mass is 362 g/mol. The van der Waals surface area contributed by atoms with Crippen LogP contribution in [0.1, 0.15) is 15.9 Å². The van der Waals surface area contributed by atoms with Crippen LogP contribution in [0, 0.1) is 0 Å². The number of nitrogens with zero attached hydrogens (tertiary/aromatic N) is 1. The molecule has 3 rings (SSSR count). The maximum absolute atomic E-state index is 12.0. The van der Waals surface area contributed by atoms with E-state index in [9.17, 15) is 9.90 Å². The summed E-state index contributed by atoms with van der Waals surface area (Å²) in [6.45, 7) is 0.157. The SMILES string of the molecule is O=C(N/N=C/c1cc(O)ccc1Br)c1ccc2c(c1)OCO2. The second-order valence-electron chi connectivity index (χ2n) is 4.47. The molecule has 0 radical (unpaired) electrons. The zero-order chi connectivity index (χ0) is 15.5. The van der Waals surface area contributed by atoms with E-state index in [0.717, 1.165) is 4.47 Å². The number of rotatable bonds is 3. The normalized spacial score (nSPS) is 12.6. The fourth-order valence-corrected chi connectivity index (χ4v) is 2.24. The minimum Gasteiger partial charge on any atom is -0.508 e. The third-order valence-corrected chi connectivity index (χ3v) is 3.71. The van der Waals surface area contributed by atoms with Gasteiger partial charge in [0.05, 0.1) is 6.21 Å². The number of hydrogen-bond acceptors (Lipinski definition) is 5. The fraction of sp³-hybridized carbons (Fsp3) is 0.0667. The van der Waals surface area contributed by atoms with Crippen molar-refractivity contribution in [1.29, 1.82) is 0 Å². The fourth-order valence-electron chi connectivity index (χ4n) is 1.89. The largest absolute Gasteiger partial charge is 0.508 e. The highest BCUT2D eigenvalue weighted by Crippen LogP contribution is 2.32. The zero-order valence-electron chi connectivity index (χ0n) is 11.2. The van der Waals surface area contributed by atoms with Gasteiger partial charge in [-0.1, -0.05) is 15.9 Å². The van der Waals surface area contributed by atoms with Crippen molar-refractivity contribution in [2.75, 3.05) is 6.79 Å². The van der Waals surface area contributed by atoms with Crippen LogP contribution in [0.4, 0.5) is 0 Å². The highest BCUT2D eigenvalue weighted by molar-refractivity contribution is 9.10. The Kier molecular flexibility index (Phi) is 3.97. The molecule has 0 saturated carbocycles. The van der Waals surface area contributed by atoms with Crippen molar-refractivity contribution < 1.29 is 19.4 Å². The van der Waals surface area contributed by atoms with Crippen LogP contribution in [-0.4, -0.2) is 24.0 Å². The van der Waals surface area contributed by atoms with E-state index in [2.05, 4.69) is 26.5 Å². The van der Waals surface area contributed by atoms with E-state index in [1.54, 1.807) is 30.3 Å². The maximum atomic E-state index is 12.0. The molecule has 1 aliphatic rings. The van der Waals surface area contributed by atoms with E-state index in [1.807, 2.05) is 0 Å². The van der Waals surface area contributed by atoms with Gasteiger partial charge in [-0.25, -0.2) is 5.43 Å². The third-order valence-electron chi connectivity index (χ3n) is 2.98. The molecule has 0 saturated heterocycles. The smallest absolute Gasteiger partial charge is 0.271 e. The van der Waals surface area contributed by atoms with Gasteiger partial charge in [0.2, 0.25) is 6.79 Å². The summed E-state index contributed by atoms with van der Waals surface area (Å²) >= 11 is 3.33. The molecular formula is C15H11BrN2O4. The van der Waals surface area contributed by atoms with Crippen molar-refractivity contribution in [3.63, 3.8) is 0 Å². The Morgan fingerprint density at radius 2 is 2.05 bits per heavy atom. The van der Waals surface area contributed by atoms with Crippen LogP contribution in [0.25, 0.3) is 0 Å². The lowest BCUT2D eigenvalue weighted by molar-refractivity contribution is 0.0954. The van der Waals surface area contributed by atoms with E-state index in [0.29, 0.717) is 22.6 Å². The van der Waals surface area contributed by atoms with E-state index in [-0.39, 0.29) is 18.4 Å². The van der Waals surface area contributed by atoms with Crippen LogP contribution in [0.3, 0.4) is 0 Å². The lowest BCUT2D eigenvalue weighted by Crippen LogP contribution is -2.17. The number of benzene rings is 2. The first-order valence-electron chi connectivity index (χ1n) is 6.35. The van der Waals surface area contributed by atoms with Gasteiger partial charge in [-0.15, -0.1) is 0 Å². The molecule has 6 nitrogen and oxygen atoms in total. The molecule has 1 aliphatic heterocycles. The molecule has 0 aromatic heterocycles. The predicted molar refractivity (Wildman–Crippen MR) is 83.4 cm³/mol. The Hall–Kier alpha value is -2.54. The van der Waals surface area contributed by atoms with Crippen LogP contribution in [0.15, 0.2) is 46.0 Å². The van der Waals surface area contributed by atoms with Gasteiger partial charge in [0.1, 0.15) is 5.75 Å². The van der Waals surface area contributed by atoms with Crippen LogP contribution < -0.4 is 14.9 Å². The summed E-state index contributed by atoms with van der Waals surface area (Å²) in [5, 5.41) is 13.3. The molecule has 0 atom stereocenters. The van der Waals surface area contributed by atoms with Crippen LogP contribution >= 0.6 is 15.9 Å². The number of halogens is 1. The van der Waals surface area contributed by atoms with Gasteiger partial charge in [0.25, 0.3) is 5.91 Å². The minimum absolute atomic E-state index is 0.117. The van der Waals surface area contributed by atoms with Gasteiger partial charge in [-0.05, 0) is 36.4 Å².